The highest BCUT2D eigenvalue weighted by Crippen LogP contribution is 2.41. The fourth-order valence-corrected chi connectivity index (χ4v) is 2.58. The van der Waals surface area contributed by atoms with Crippen LogP contribution in [-0.2, 0) is 11.8 Å². The second-order valence-corrected chi connectivity index (χ2v) is 4.72. The molecule has 0 fully saturated rings. The molecule has 1 aromatic carbocycles. The number of fused-ring (bicyclic) bond motifs is 1. The van der Waals surface area contributed by atoms with Gasteiger partial charge in [0, 0.05) is 23.5 Å². The quantitative estimate of drug-likeness (QED) is 0.843. The van der Waals surface area contributed by atoms with Gasteiger partial charge in [-0.15, -0.1) is 0 Å². The van der Waals surface area contributed by atoms with Crippen molar-refractivity contribution in [2.75, 3.05) is 13.2 Å². The van der Waals surface area contributed by atoms with Crippen LogP contribution in [0.3, 0.4) is 0 Å². The maximum Gasteiger partial charge on any atom is 0.126 e. The van der Waals surface area contributed by atoms with E-state index < -0.39 is 0 Å². The van der Waals surface area contributed by atoms with E-state index in [-0.39, 0.29) is 17.8 Å². The molecule has 0 atom stereocenters. The van der Waals surface area contributed by atoms with Crippen LogP contribution in [0.5, 0.6) is 11.5 Å². The van der Waals surface area contributed by atoms with Crippen LogP contribution >= 0.6 is 0 Å². The van der Waals surface area contributed by atoms with E-state index in [4.69, 9.17) is 4.74 Å². The zero-order valence-electron chi connectivity index (χ0n) is 10.5. The van der Waals surface area contributed by atoms with E-state index >= 15 is 0 Å². The topological polar surface area (TPSA) is 49.7 Å². The Hall–Kier alpha value is -1.22. The molecule has 0 aromatic heterocycles. The molecule has 0 spiro atoms. The van der Waals surface area contributed by atoms with Crippen molar-refractivity contribution in [1.82, 2.24) is 0 Å². The Labute approximate surface area is 102 Å². The SMILES string of the molecule is CCC(CC)(CO)c1cc2c(cc1O)OCC2. The van der Waals surface area contributed by atoms with Crippen molar-refractivity contribution in [1.29, 1.82) is 0 Å². The Morgan fingerprint density at radius 1 is 1.29 bits per heavy atom. The van der Waals surface area contributed by atoms with Crippen molar-refractivity contribution in [2.45, 2.75) is 38.5 Å². The molecule has 1 aliphatic heterocycles. The lowest BCUT2D eigenvalue weighted by Gasteiger charge is -2.31. The zero-order chi connectivity index (χ0) is 12.5. The molecule has 0 saturated heterocycles. The normalized spacial score (nSPS) is 14.5. The number of rotatable bonds is 4. The predicted octanol–water partition coefficient (Wildman–Crippen LogP) is 2.38. The van der Waals surface area contributed by atoms with Gasteiger partial charge in [0.05, 0.1) is 13.2 Å². The molecule has 3 nitrogen and oxygen atoms in total. The lowest BCUT2D eigenvalue weighted by Crippen LogP contribution is -2.29. The van der Waals surface area contributed by atoms with Crippen molar-refractivity contribution >= 4 is 0 Å². The predicted molar refractivity (Wildman–Crippen MR) is 66.7 cm³/mol. The molecule has 17 heavy (non-hydrogen) atoms. The number of aromatic hydroxyl groups is 1. The molecule has 0 radical (unpaired) electrons. The first kappa shape index (κ1) is 12.2. The van der Waals surface area contributed by atoms with Crippen LogP contribution in [0.4, 0.5) is 0 Å². The third-order valence-corrected chi connectivity index (χ3v) is 4.04. The van der Waals surface area contributed by atoms with E-state index in [0.717, 1.165) is 36.1 Å². The smallest absolute Gasteiger partial charge is 0.126 e. The number of hydrogen-bond donors (Lipinski definition) is 2. The van der Waals surface area contributed by atoms with Gasteiger partial charge >= 0.3 is 0 Å². The summed E-state index contributed by atoms with van der Waals surface area (Å²) in [5.41, 5.74) is 1.66. The van der Waals surface area contributed by atoms with Gasteiger partial charge in [0.1, 0.15) is 11.5 Å². The van der Waals surface area contributed by atoms with Crippen LogP contribution in [0.15, 0.2) is 12.1 Å². The van der Waals surface area contributed by atoms with Gasteiger partial charge in [-0.2, -0.15) is 0 Å². The molecule has 0 saturated carbocycles. The summed E-state index contributed by atoms with van der Waals surface area (Å²) < 4.78 is 5.43. The number of phenols is 1. The highest BCUT2D eigenvalue weighted by molar-refractivity contribution is 5.50. The van der Waals surface area contributed by atoms with E-state index in [2.05, 4.69) is 0 Å². The Morgan fingerprint density at radius 2 is 2.00 bits per heavy atom. The highest BCUT2D eigenvalue weighted by Gasteiger charge is 2.32. The zero-order valence-corrected chi connectivity index (χ0v) is 10.5. The molecule has 1 heterocycles. The number of aliphatic hydroxyl groups is 1. The van der Waals surface area contributed by atoms with E-state index in [9.17, 15) is 10.2 Å². The van der Waals surface area contributed by atoms with Crippen molar-refractivity contribution < 1.29 is 14.9 Å². The molecule has 0 unspecified atom stereocenters. The van der Waals surface area contributed by atoms with Crippen LogP contribution in [0.1, 0.15) is 37.8 Å². The maximum atomic E-state index is 10.1. The summed E-state index contributed by atoms with van der Waals surface area (Å²) in [6.07, 6.45) is 2.51. The lowest BCUT2D eigenvalue weighted by molar-refractivity contribution is 0.180. The van der Waals surface area contributed by atoms with E-state index in [1.54, 1.807) is 6.07 Å². The van der Waals surface area contributed by atoms with Crippen LogP contribution in [0.25, 0.3) is 0 Å². The minimum Gasteiger partial charge on any atom is -0.508 e. The molecule has 1 aliphatic rings. The average Bonchev–Trinajstić information content (AvgIpc) is 2.79. The summed E-state index contributed by atoms with van der Waals surface area (Å²) in [5.74, 6) is 1.02. The van der Waals surface area contributed by atoms with Crippen molar-refractivity contribution in [3.8, 4) is 11.5 Å². The molecular formula is C14H20O3. The molecule has 0 amide bonds. The molecule has 94 valence electrons. The van der Waals surface area contributed by atoms with Crippen molar-refractivity contribution in [3.63, 3.8) is 0 Å². The van der Waals surface area contributed by atoms with Gasteiger partial charge in [-0.05, 0) is 24.5 Å². The van der Waals surface area contributed by atoms with Gasteiger partial charge < -0.3 is 14.9 Å². The first-order valence-corrected chi connectivity index (χ1v) is 6.27. The largest absolute Gasteiger partial charge is 0.508 e. The number of benzene rings is 1. The first-order valence-electron chi connectivity index (χ1n) is 6.27. The summed E-state index contributed by atoms with van der Waals surface area (Å²) in [6.45, 7) is 4.83. The fourth-order valence-electron chi connectivity index (χ4n) is 2.58. The summed E-state index contributed by atoms with van der Waals surface area (Å²) in [6, 6.07) is 3.69. The van der Waals surface area contributed by atoms with E-state index in [0.29, 0.717) is 6.61 Å². The molecular weight excluding hydrogens is 216 g/mol. The number of ether oxygens (including phenoxy) is 1. The van der Waals surface area contributed by atoms with Gasteiger partial charge in [0.2, 0.25) is 0 Å². The summed E-state index contributed by atoms with van der Waals surface area (Å²) in [5, 5.41) is 19.8. The monoisotopic (exact) mass is 236 g/mol. The van der Waals surface area contributed by atoms with Crippen molar-refractivity contribution in [3.05, 3.63) is 23.3 Å². The van der Waals surface area contributed by atoms with Gasteiger partial charge in [0.15, 0.2) is 0 Å². The molecule has 1 aromatic rings. The Kier molecular flexibility index (Phi) is 3.29. The van der Waals surface area contributed by atoms with Crippen LogP contribution < -0.4 is 4.74 Å². The third-order valence-electron chi connectivity index (χ3n) is 4.04. The lowest BCUT2D eigenvalue weighted by atomic mass is 9.75. The van der Waals surface area contributed by atoms with Crippen LogP contribution in [0.2, 0.25) is 0 Å². The van der Waals surface area contributed by atoms with Crippen LogP contribution in [0, 0.1) is 0 Å². The molecule has 0 aliphatic carbocycles. The highest BCUT2D eigenvalue weighted by atomic mass is 16.5. The van der Waals surface area contributed by atoms with Crippen LogP contribution in [-0.4, -0.2) is 23.4 Å². The number of phenolic OH excluding ortho intramolecular Hbond substituents is 1. The Bertz CT molecular complexity index is 400. The minimum atomic E-state index is -0.332. The average molecular weight is 236 g/mol. The Balaban J connectivity index is 2.51. The van der Waals surface area contributed by atoms with Gasteiger partial charge in [-0.25, -0.2) is 0 Å². The summed E-state index contributed by atoms with van der Waals surface area (Å²) >= 11 is 0. The second-order valence-electron chi connectivity index (χ2n) is 4.72. The van der Waals surface area contributed by atoms with Gasteiger partial charge in [-0.3, -0.25) is 0 Å². The molecule has 2 rings (SSSR count). The minimum absolute atomic E-state index is 0.0627. The van der Waals surface area contributed by atoms with Gasteiger partial charge in [-0.1, -0.05) is 13.8 Å². The Morgan fingerprint density at radius 3 is 2.59 bits per heavy atom. The summed E-state index contributed by atoms with van der Waals surface area (Å²) in [7, 11) is 0. The fraction of sp³-hybridized carbons (Fsp3) is 0.571. The molecule has 0 bridgehead atoms. The standard InChI is InChI=1S/C14H20O3/c1-3-14(4-2,9-15)11-7-10-5-6-17-13(10)8-12(11)16/h7-8,15-16H,3-6,9H2,1-2H3. The molecule has 2 N–H and O–H groups in total. The number of hydrogen-bond acceptors (Lipinski definition) is 3. The maximum absolute atomic E-state index is 10.1. The second kappa shape index (κ2) is 4.57. The first-order chi connectivity index (χ1) is 8.16. The van der Waals surface area contributed by atoms with E-state index in [1.807, 2.05) is 19.9 Å². The van der Waals surface area contributed by atoms with E-state index in [1.165, 1.54) is 0 Å². The van der Waals surface area contributed by atoms with Crippen molar-refractivity contribution in [2.24, 2.45) is 0 Å². The number of aliphatic hydroxyl groups excluding tert-OH is 1. The summed E-state index contributed by atoms with van der Waals surface area (Å²) in [4.78, 5) is 0. The third kappa shape index (κ3) is 1.89. The molecule has 3 heteroatoms. The van der Waals surface area contributed by atoms with Gasteiger partial charge in [0.25, 0.3) is 0 Å².